The maximum absolute atomic E-state index is 11.0. The highest BCUT2D eigenvalue weighted by Gasteiger charge is 2.64. The van der Waals surface area contributed by atoms with Crippen molar-refractivity contribution in [3.05, 3.63) is 0 Å². The maximum atomic E-state index is 11.0. The van der Waals surface area contributed by atoms with Crippen LogP contribution in [-0.4, -0.2) is 21.9 Å². The molecular weight excluding hydrogens is 380 g/mol. The molecule has 4 saturated carbocycles. The maximum Gasteiger partial charge on any atom is 0.0625 e. The fourth-order valence-corrected chi connectivity index (χ4v) is 9.87. The van der Waals surface area contributed by atoms with Gasteiger partial charge in [0, 0.05) is 0 Å². The van der Waals surface area contributed by atoms with E-state index in [0.717, 1.165) is 43.4 Å². The van der Waals surface area contributed by atoms with Crippen LogP contribution >= 0.6 is 0 Å². The highest BCUT2D eigenvalue weighted by molar-refractivity contribution is 5.14. The predicted octanol–water partition coefficient (Wildman–Crippen LogP) is 7.22. The van der Waals surface area contributed by atoms with Crippen LogP contribution in [0.25, 0.3) is 0 Å². The molecule has 2 heteroatoms. The van der Waals surface area contributed by atoms with E-state index in [9.17, 15) is 10.2 Å². The molecule has 2 N–H and O–H groups in total. The summed E-state index contributed by atoms with van der Waals surface area (Å²) in [5.41, 5.74) is 0.635. The molecule has 0 saturated heterocycles. The van der Waals surface area contributed by atoms with Crippen molar-refractivity contribution in [2.24, 2.45) is 51.8 Å². The van der Waals surface area contributed by atoms with Gasteiger partial charge in [-0.25, -0.2) is 0 Å². The molecule has 2 nitrogen and oxygen atoms in total. The Hall–Kier alpha value is -0.0800. The zero-order valence-electron chi connectivity index (χ0n) is 21.7. The van der Waals surface area contributed by atoms with Crippen LogP contribution in [0.4, 0.5) is 0 Å². The molecule has 0 aliphatic heterocycles. The van der Waals surface area contributed by atoms with E-state index in [1.165, 1.54) is 44.9 Å². The number of rotatable bonds is 5. The van der Waals surface area contributed by atoms with Crippen LogP contribution in [0.5, 0.6) is 0 Å². The molecule has 0 bridgehead atoms. The zero-order valence-corrected chi connectivity index (χ0v) is 21.7. The lowest BCUT2D eigenvalue weighted by Crippen LogP contribution is -2.60. The minimum atomic E-state index is -0.468. The van der Waals surface area contributed by atoms with Gasteiger partial charge in [0.2, 0.25) is 0 Å². The summed E-state index contributed by atoms with van der Waals surface area (Å²) in [7, 11) is 0. The molecule has 4 rings (SSSR count). The lowest BCUT2D eigenvalue weighted by atomic mass is 9.39. The van der Waals surface area contributed by atoms with Crippen molar-refractivity contribution >= 4 is 0 Å². The summed E-state index contributed by atoms with van der Waals surface area (Å²) in [6.07, 6.45) is 13.3. The normalized spacial score (nSPS) is 51.7. The largest absolute Gasteiger partial charge is 0.393 e. The molecule has 0 spiro atoms. The second kappa shape index (κ2) is 8.00. The van der Waals surface area contributed by atoms with Crippen LogP contribution in [-0.2, 0) is 0 Å². The molecule has 4 aliphatic rings. The van der Waals surface area contributed by atoms with Crippen LogP contribution in [0.3, 0.4) is 0 Å². The van der Waals surface area contributed by atoms with Gasteiger partial charge in [-0.15, -0.1) is 0 Å². The molecule has 0 aromatic carbocycles. The minimum Gasteiger partial charge on any atom is -0.393 e. The Balaban J connectivity index is 1.52. The van der Waals surface area contributed by atoms with Crippen molar-refractivity contribution < 1.29 is 10.2 Å². The van der Waals surface area contributed by atoms with Gasteiger partial charge in [-0.2, -0.15) is 0 Å². The van der Waals surface area contributed by atoms with E-state index in [4.69, 9.17) is 0 Å². The van der Waals surface area contributed by atoms with Crippen LogP contribution < -0.4 is 0 Å². The molecule has 0 amide bonds. The van der Waals surface area contributed by atoms with Crippen molar-refractivity contribution in [3.63, 3.8) is 0 Å². The highest BCUT2D eigenvalue weighted by atomic mass is 16.3. The number of aliphatic hydroxyl groups excluding tert-OH is 1. The number of hydrogen-bond acceptors (Lipinski definition) is 2. The number of fused-ring (bicyclic) bond motifs is 5. The van der Waals surface area contributed by atoms with Gasteiger partial charge in [-0.1, -0.05) is 41.5 Å². The molecular formula is C29H52O2. The first-order valence-corrected chi connectivity index (χ1v) is 13.7. The van der Waals surface area contributed by atoms with Crippen molar-refractivity contribution in [3.8, 4) is 0 Å². The molecule has 0 radical (unpaired) electrons. The molecule has 4 fully saturated rings. The molecule has 0 heterocycles. The summed E-state index contributed by atoms with van der Waals surface area (Å²) in [4.78, 5) is 0. The molecule has 31 heavy (non-hydrogen) atoms. The Morgan fingerprint density at radius 2 is 1.52 bits per heavy atom. The second-order valence-electron chi connectivity index (χ2n) is 14.2. The van der Waals surface area contributed by atoms with Crippen molar-refractivity contribution in [1.82, 2.24) is 0 Å². The van der Waals surface area contributed by atoms with Gasteiger partial charge in [-0.3, -0.25) is 0 Å². The summed E-state index contributed by atoms with van der Waals surface area (Å²) in [6.45, 7) is 16.7. The van der Waals surface area contributed by atoms with Gasteiger partial charge >= 0.3 is 0 Å². The van der Waals surface area contributed by atoms with Crippen molar-refractivity contribution in [2.45, 2.75) is 131 Å². The summed E-state index contributed by atoms with van der Waals surface area (Å²) in [6, 6.07) is 0. The van der Waals surface area contributed by atoms with Gasteiger partial charge in [0.1, 0.15) is 0 Å². The molecule has 10 atom stereocenters. The monoisotopic (exact) mass is 432 g/mol. The Kier molecular flexibility index (Phi) is 6.21. The van der Waals surface area contributed by atoms with Crippen molar-refractivity contribution in [1.29, 1.82) is 0 Å². The second-order valence-corrected chi connectivity index (χ2v) is 14.2. The van der Waals surface area contributed by atoms with E-state index in [-0.39, 0.29) is 6.10 Å². The van der Waals surface area contributed by atoms with Gasteiger partial charge in [0.15, 0.2) is 0 Å². The Bertz CT molecular complexity index is 655. The van der Waals surface area contributed by atoms with Gasteiger partial charge < -0.3 is 10.2 Å². The topological polar surface area (TPSA) is 40.5 Å². The zero-order chi connectivity index (χ0) is 22.8. The lowest BCUT2D eigenvalue weighted by molar-refractivity contribution is -0.190. The quantitative estimate of drug-likeness (QED) is 0.481. The Labute approximate surface area is 193 Å². The lowest BCUT2D eigenvalue weighted by Gasteiger charge is -2.66. The smallest absolute Gasteiger partial charge is 0.0625 e. The van der Waals surface area contributed by atoms with Crippen molar-refractivity contribution in [2.75, 3.05) is 0 Å². The fourth-order valence-electron chi connectivity index (χ4n) is 9.87. The first-order valence-electron chi connectivity index (χ1n) is 13.7. The summed E-state index contributed by atoms with van der Waals surface area (Å²) in [5.74, 6) is 4.34. The summed E-state index contributed by atoms with van der Waals surface area (Å²) >= 11 is 0. The van der Waals surface area contributed by atoms with Crippen LogP contribution in [0.15, 0.2) is 0 Å². The van der Waals surface area contributed by atoms with E-state index in [1.807, 2.05) is 0 Å². The number of aliphatic hydroxyl groups is 2. The van der Waals surface area contributed by atoms with Gasteiger partial charge in [0.25, 0.3) is 0 Å². The van der Waals surface area contributed by atoms with Crippen LogP contribution in [0, 0.1) is 51.8 Å². The third-order valence-electron chi connectivity index (χ3n) is 12.0. The molecule has 4 aliphatic carbocycles. The SMILES string of the molecule is CC(C)CC[C@@H](O)[C@@H](C)[C@H]1CC[C@H]2[C@@H]3CC[C@@]4(C)C[C@@](C)(O)CC[C@]4(C)[C@H]3CC[C@]12C. The molecule has 0 aromatic heterocycles. The van der Waals surface area contributed by atoms with Crippen LogP contribution in [0.1, 0.15) is 119 Å². The highest BCUT2D eigenvalue weighted by Crippen LogP contribution is 2.72. The summed E-state index contributed by atoms with van der Waals surface area (Å²) in [5, 5.41) is 21.9. The van der Waals surface area contributed by atoms with E-state index in [2.05, 4.69) is 48.5 Å². The first-order chi connectivity index (χ1) is 14.3. The van der Waals surface area contributed by atoms with Crippen LogP contribution in [0.2, 0.25) is 0 Å². The van der Waals surface area contributed by atoms with E-state index in [1.54, 1.807) is 0 Å². The average Bonchev–Trinajstić information content (AvgIpc) is 3.03. The number of hydrogen-bond donors (Lipinski definition) is 2. The molecule has 0 unspecified atom stereocenters. The Morgan fingerprint density at radius 3 is 2.19 bits per heavy atom. The first kappa shape index (κ1) is 24.1. The van der Waals surface area contributed by atoms with E-state index >= 15 is 0 Å². The molecule has 0 aromatic rings. The van der Waals surface area contributed by atoms with Gasteiger partial charge in [0.05, 0.1) is 11.7 Å². The minimum absolute atomic E-state index is 0.131. The Morgan fingerprint density at radius 1 is 0.806 bits per heavy atom. The van der Waals surface area contributed by atoms with E-state index < -0.39 is 5.60 Å². The summed E-state index contributed by atoms with van der Waals surface area (Å²) < 4.78 is 0. The third-order valence-corrected chi connectivity index (χ3v) is 12.0. The average molecular weight is 433 g/mol. The third kappa shape index (κ3) is 3.84. The van der Waals surface area contributed by atoms with E-state index in [0.29, 0.717) is 34.0 Å². The molecule has 180 valence electrons. The fraction of sp³-hybridized carbons (Fsp3) is 1.00. The predicted molar refractivity (Wildman–Crippen MR) is 130 cm³/mol. The van der Waals surface area contributed by atoms with Gasteiger partial charge in [-0.05, 0) is 129 Å². The standard InChI is InChI=1S/C29H52O2/c1-19(2)8-11-25(30)20(3)22-9-10-23-21-12-14-26(4)18-27(5,31)16-17-29(26,7)24(21)13-15-28(22,23)6/h19-25,30-31H,8-18H2,1-7H3/t20-,21-,22+,23-,24-,25+,26-,27-,28+,29+/m0/s1.